The van der Waals surface area contributed by atoms with Gasteiger partial charge in [0.25, 0.3) is 0 Å². The first-order valence-electron chi connectivity index (χ1n) is 8.79. The Bertz CT molecular complexity index is 759. The van der Waals surface area contributed by atoms with Gasteiger partial charge in [0.15, 0.2) is 0 Å². The molecule has 0 aliphatic carbocycles. The molecule has 3 aromatic rings. The Balaban J connectivity index is 2.12. The van der Waals surface area contributed by atoms with Crippen LogP contribution in [0, 0.1) is 0 Å². The van der Waals surface area contributed by atoms with E-state index in [4.69, 9.17) is 4.52 Å². The zero-order valence-corrected chi connectivity index (χ0v) is 15.2. The van der Waals surface area contributed by atoms with Gasteiger partial charge in [-0.2, -0.15) is 0 Å². The molecule has 1 nitrogen and oxygen atoms in total. The maximum absolute atomic E-state index is 7.06. The van der Waals surface area contributed by atoms with Gasteiger partial charge in [-0.25, -0.2) is 0 Å². The van der Waals surface area contributed by atoms with Crippen molar-refractivity contribution in [3.05, 3.63) is 104 Å². The van der Waals surface area contributed by atoms with Crippen molar-refractivity contribution in [1.29, 1.82) is 0 Å². The fourth-order valence-corrected chi connectivity index (χ4v) is 10.3. The maximum atomic E-state index is 7.06. The molecule has 126 valence electrons. The third-order valence-electron chi connectivity index (χ3n) is 5.38. The summed E-state index contributed by atoms with van der Waals surface area (Å²) < 4.78 is 7.06. The fourth-order valence-electron chi connectivity index (χ4n) is 4.19. The summed E-state index contributed by atoms with van der Waals surface area (Å²) in [6.07, 6.45) is 4.06. The Kier molecular flexibility index (Phi) is 4.07. The van der Waals surface area contributed by atoms with E-state index in [0.29, 0.717) is 0 Å². The number of rotatable bonds is 4. The van der Waals surface area contributed by atoms with Gasteiger partial charge in [0.2, 0.25) is 0 Å². The molecule has 2 heteroatoms. The second-order valence-corrected chi connectivity index (χ2v) is 11.2. The molecule has 0 N–H and O–H groups in total. The van der Waals surface area contributed by atoms with Crippen molar-refractivity contribution in [1.82, 2.24) is 0 Å². The first-order valence-corrected chi connectivity index (χ1v) is 11.1. The van der Waals surface area contributed by atoms with Crippen LogP contribution in [0.5, 0.6) is 0 Å². The third-order valence-corrected chi connectivity index (χ3v) is 11.4. The Hall–Kier alpha value is -2.21. The van der Waals surface area contributed by atoms with Crippen molar-refractivity contribution >= 4 is 22.7 Å². The summed E-state index contributed by atoms with van der Waals surface area (Å²) in [4.78, 5) is 0. The molecule has 4 rings (SSSR count). The van der Waals surface area contributed by atoms with Crippen LogP contribution in [0.1, 0.15) is 6.42 Å². The van der Waals surface area contributed by atoms with Gasteiger partial charge in [0.05, 0.1) is 0 Å². The van der Waals surface area contributed by atoms with Crippen LogP contribution in [-0.2, 0) is 4.52 Å². The van der Waals surface area contributed by atoms with E-state index >= 15 is 0 Å². The molecule has 0 spiro atoms. The number of benzene rings is 3. The summed E-state index contributed by atoms with van der Waals surface area (Å²) in [5.41, 5.74) is 0. The molecular formula is C23H23OP. The molecule has 1 aliphatic heterocycles. The summed E-state index contributed by atoms with van der Waals surface area (Å²) >= 11 is 0. The molecule has 0 aromatic heterocycles. The van der Waals surface area contributed by atoms with Crippen molar-refractivity contribution in [2.24, 2.45) is 0 Å². The molecule has 0 amide bonds. The Morgan fingerprint density at radius 2 is 1.12 bits per heavy atom. The van der Waals surface area contributed by atoms with Crippen LogP contribution < -0.4 is 15.9 Å². The predicted molar refractivity (Wildman–Crippen MR) is 110 cm³/mol. The van der Waals surface area contributed by atoms with Gasteiger partial charge < -0.3 is 0 Å². The normalized spacial score (nSPS) is 22.6. The van der Waals surface area contributed by atoms with E-state index in [1.165, 1.54) is 15.9 Å². The van der Waals surface area contributed by atoms with Crippen molar-refractivity contribution in [2.45, 2.75) is 12.5 Å². The monoisotopic (exact) mass is 346 g/mol. The average molecular weight is 346 g/mol. The second-order valence-electron chi connectivity index (χ2n) is 6.61. The first kappa shape index (κ1) is 16.3. The van der Waals surface area contributed by atoms with E-state index in [1.54, 1.807) is 0 Å². The molecule has 0 bridgehead atoms. The van der Waals surface area contributed by atoms with Gasteiger partial charge in [-0.3, -0.25) is 0 Å². The van der Waals surface area contributed by atoms with Crippen LogP contribution in [0.4, 0.5) is 0 Å². The van der Waals surface area contributed by atoms with Crippen LogP contribution in [0.2, 0.25) is 0 Å². The molecule has 25 heavy (non-hydrogen) atoms. The zero-order valence-electron chi connectivity index (χ0n) is 14.3. The van der Waals surface area contributed by atoms with Gasteiger partial charge >= 0.3 is 150 Å². The predicted octanol–water partition coefficient (Wildman–Crippen LogP) is 4.41. The molecule has 1 aliphatic rings. The molecule has 3 aromatic carbocycles. The van der Waals surface area contributed by atoms with Crippen molar-refractivity contribution < 1.29 is 4.52 Å². The van der Waals surface area contributed by atoms with E-state index in [9.17, 15) is 0 Å². The van der Waals surface area contributed by atoms with E-state index in [1.807, 2.05) is 6.08 Å². The van der Waals surface area contributed by atoms with E-state index in [2.05, 4.69) is 97.6 Å². The molecule has 0 radical (unpaired) electrons. The van der Waals surface area contributed by atoms with Crippen molar-refractivity contribution in [2.75, 3.05) is 6.16 Å². The zero-order chi connectivity index (χ0) is 17.2. The molecule has 0 saturated carbocycles. The SMILES string of the molecule is C=C[C@@H]1CCP(c2ccccc2)(c2ccccc2)(c2ccccc2)O1. The van der Waals surface area contributed by atoms with Crippen LogP contribution in [0.25, 0.3) is 0 Å². The summed E-state index contributed by atoms with van der Waals surface area (Å²) in [7, 11) is 0. The molecule has 1 fully saturated rings. The van der Waals surface area contributed by atoms with Gasteiger partial charge in [-0.05, 0) is 0 Å². The quantitative estimate of drug-likeness (QED) is 0.502. The van der Waals surface area contributed by atoms with E-state index in [0.717, 1.165) is 12.6 Å². The Morgan fingerprint density at radius 3 is 1.44 bits per heavy atom. The minimum atomic E-state index is -2.98. The van der Waals surface area contributed by atoms with Gasteiger partial charge in [-0.15, -0.1) is 0 Å². The molecular weight excluding hydrogens is 323 g/mol. The summed E-state index contributed by atoms with van der Waals surface area (Å²) in [5, 5.41) is 3.90. The molecule has 0 unspecified atom stereocenters. The average Bonchev–Trinajstić information content (AvgIpc) is 3.13. The molecule has 1 atom stereocenters. The standard InChI is InChI=1S/C23H23OP/c1-2-20-18-19-25(24-20,21-12-6-3-7-13-21,22-14-8-4-9-15-22)23-16-10-5-11-17-23/h2-17,20H,1,18-19H2/t20-/m1/s1. The van der Waals surface area contributed by atoms with Crippen LogP contribution in [0.3, 0.4) is 0 Å². The van der Waals surface area contributed by atoms with Gasteiger partial charge in [0, 0.05) is 0 Å². The molecule has 1 saturated heterocycles. The minimum absolute atomic E-state index is 0.0817. The van der Waals surface area contributed by atoms with Gasteiger partial charge in [-0.1, -0.05) is 0 Å². The third kappa shape index (κ3) is 2.31. The summed E-state index contributed by atoms with van der Waals surface area (Å²) in [6.45, 7) is 1.04. The van der Waals surface area contributed by atoms with Crippen molar-refractivity contribution in [3.63, 3.8) is 0 Å². The fraction of sp³-hybridized carbons (Fsp3) is 0.130. The number of hydrogen-bond acceptors (Lipinski definition) is 1. The van der Waals surface area contributed by atoms with Crippen LogP contribution >= 0.6 is 6.83 Å². The summed E-state index contributed by atoms with van der Waals surface area (Å²) in [5.74, 6) is 0. The van der Waals surface area contributed by atoms with Crippen molar-refractivity contribution in [3.8, 4) is 0 Å². The van der Waals surface area contributed by atoms with E-state index in [-0.39, 0.29) is 6.10 Å². The second kappa shape index (κ2) is 6.26. The Labute approximate surface area is 150 Å². The summed E-state index contributed by atoms with van der Waals surface area (Å²) in [6, 6.07) is 32.4. The first-order chi connectivity index (χ1) is 12.3. The topological polar surface area (TPSA) is 9.23 Å². The Morgan fingerprint density at radius 1 is 0.720 bits per heavy atom. The van der Waals surface area contributed by atoms with Crippen LogP contribution in [-0.4, -0.2) is 12.3 Å². The van der Waals surface area contributed by atoms with Crippen LogP contribution in [0.15, 0.2) is 104 Å². The number of hydrogen-bond donors (Lipinski definition) is 0. The molecule has 1 heterocycles. The van der Waals surface area contributed by atoms with E-state index < -0.39 is 6.83 Å². The van der Waals surface area contributed by atoms with Gasteiger partial charge in [0.1, 0.15) is 0 Å².